The number of likely N-dealkylation sites (tertiary alicyclic amines) is 1. The van der Waals surface area contributed by atoms with Gasteiger partial charge in [-0.05, 0) is 36.2 Å². The van der Waals surface area contributed by atoms with Crippen molar-refractivity contribution in [2.45, 2.75) is 18.6 Å². The molecule has 5 heteroatoms. The molecule has 5 nitrogen and oxygen atoms in total. The first kappa shape index (κ1) is 15.5. The van der Waals surface area contributed by atoms with Gasteiger partial charge in [-0.1, -0.05) is 12.1 Å². The molecule has 0 bridgehead atoms. The molecule has 118 valence electrons. The Morgan fingerprint density at radius 2 is 2.17 bits per heavy atom. The smallest absolute Gasteiger partial charge is 0.138 e. The van der Waals surface area contributed by atoms with E-state index in [0.29, 0.717) is 12.1 Å². The van der Waals surface area contributed by atoms with E-state index in [1.54, 1.807) is 24.5 Å². The van der Waals surface area contributed by atoms with Gasteiger partial charge in [-0.2, -0.15) is 5.26 Å². The number of pyridine rings is 1. The predicted octanol–water partition coefficient (Wildman–Crippen LogP) is 2.14. The van der Waals surface area contributed by atoms with Gasteiger partial charge in [-0.25, -0.2) is 0 Å². The topological polar surface area (TPSA) is 69.4 Å². The molecule has 23 heavy (non-hydrogen) atoms. The highest BCUT2D eigenvalue weighted by atomic mass is 16.5. The van der Waals surface area contributed by atoms with E-state index >= 15 is 0 Å². The summed E-state index contributed by atoms with van der Waals surface area (Å²) in [6.45, 7) is 2.26. The highest BCUT2D eigenvalue weighted by molar-refractivity contribution is 5.32. The minimum atomic E-state index is -0.556. The molecule has 0 spiro atoms. The Morgan fingerprint density at radius 1 is 1.35 bits per heavy atom. The number of β-amino-alcohol motifs (C(OH)–C–C–N with tert-alkyl or cyclic N) is 1. The number of hydrogen-bond donors (Lipinski definition) is 1. The largest absolute Gasteiger partial charge is 0.487 e. The Kier molecular flexibility index (Phi) is 4.86. The lowest BCUT2D eigenvalue weighted by Gasteiger charge is -2.20. The second-order valence-corrected chi connectivity index (χ2v) is 5.73. The van der Waals surface area contributed by atoms with E-state index in [-0.39, 0.29) is 6.10 Å². The van der Waals surface area contributed by atoms with Crippen LogP contribution in [-0.2, 0) is 0 Å². The summed E-state index contributed by atoms with van der Waals surface area (Å²) in [5.74, 6) is 0.784. The van der Waals surface area contributed by atoms with Gasteiger partial charge < -0.3 is 9.84 Å². The summed E-state index contributed by atoms with van der Waals surface area (Å²) in [6.07, 6.45) is 3.96. The monoisotopic (exact) mass is 309 g/mol. The van der Waals surface area contributed by atoms with Crippen LogP contribution in [0, 0.1) is 11.3 Å². The second-order valence-electron chi connectivity index (χ2n) is 5.73. The summed E-state index contributed by atoms with van der Waals surface area (Å²) in [7, 11) is 0. The fraction of sp³-hybridized carbons (Fsp3) is 0.333. The van der Waals surface area contributed by atoms with Crippen molar-refractivity contribution in [1.29, 1.82) is 5.26 Å². The van der Waals surface area contributed by atoms with Gasteiger partial charge in [0, 0.05) is 25.8 Å². The predicted molar refractivity (Wildman–Crippen MR) is 85.8 cm³/mol. The van der Waals surface area contributed by atoms with Gasteiger partial charge in [0.2, 0.25) is 0 Å². The van der Waals surface area contributed by atoms with Crippen LogP contribution < -0.4 is 4.74 Å². The van der Waals surface area contributed by atoms with Crippen LogP contribution in [0.3, 0.4) is 0 Å². The van der Waals surface area contributed by atoms with E-state index in [1.165, 1.54) is 0 Å². The zero-order valence-corrected chi connectivity index (χ0v) is 12.8. The Hall–Kier alpha value is -2.42. The summed E-state index contributed by atoms with van der Waals surface area (Å²) < 4.78 is 5.90. The van der Waals surface area contributed by atoms with E-state index in [9.17, 15) is 5.11 Å². The number of nitriles is 1. The number of rotatable bonds is 5. The molecule has 1 aliphatic rings. The van der Waals surface area contributed by atoms with E-state index in [4.69, 9.17) is 10.00 Å². The van der Waals surface area contributed by atoms with Gasteiger partial charge in [0.25, 0.3) is 0 Å². The number of hydrogen-bond acceptors (Lipinski definition) is 5. The molecule has 0 radical (unpaired) electrons. The van der Waals surface area contributed by atoms with Crippen molar-refractivity contribution in [2.75, 3.05) is 19.6 Å². The molecule has 0 amide bonds. The molecule has 2 aromatic rings. The molecule has 2 unspecified atom stereocenters. The van der Waals surface area contributed by atoms with Crippen LogP contribution in [0.25, 0.3) is 0 Å². The van der Waals surface area contributed by atoms with Crippen molar-refractivity contribution < 1.29 is 9.84 Å². The third-order valence-corrected chi connectivity index (χ3v) is 4.02. The SMILES string of the molecule is N#Cc1ccc(C(O)CN2CCC(Oc3cccnc3)C2)cc1. The summed E-state index contributed by atoms with van der Waals surface area (Å²) in [6, 6.07) is 12.9. The van der Waals surface area contributed by atoms with Crippen molar-refractivity contribution in [3.63, 3.8) is 0 Å². The standard InChI is InChI=1S/C18H19N3O2/c19-10-14-3-5-15(6-4-14)18(22)13-21-9-7-17(12-21)23-16-2-1-8-20-11-16/h1-6,8,11,17-18,22H,7,9,12-13H2. The average molecular weight is 309 g/mol. The summed E-state index contributed by atoms with van der Waals surface area (Å²) in [4.78, 5) is 6.24. The molecule has 2 heterocycles. The van der Waals surface area contributed by atoms with E-state index < -0.39 is 6.10 Å². The van der Waals surface area contributed by atoms with Crippen molar-refractivity contribution in [1.82, 2.24) is 9.88 Å². The van der Waals surface area contributed by atoms with Crippen LogP contribution in [-0.4, -0.2) is 40.7 Å². The van der Waals surface area contributed by atoms with Gasteiger partial charge in [0.15, 0.2) is 0 Å². The maximum atomic E-state index is 10.3. The first-order valence-corrected chi connectivity index (χ1v) is 7.72. The lowest BCUT2D eigenvalue weighted by atomic mass is 10.1. The number of aliphatic hydroxyl groups is 1. The van der Waals surface area contributed by atoms with Crippen molar-refractivity contribution in [3.05, 3.63) is 59.9 Å². The normalized spacial score (nSPS) is 19.2. The number of aromatic nitrogens is 1. The van der Waals surface area contributed by atoms with Crippen LogP contribution in [0.1, 0.15) is 23.7 Å². The number of benzene rings is 1. The summed E-state index contributed by atoms with van der Waals surface area (Å²) >= 11 is 0. The van der Waals surface area contributed by atoms with E-state index in [2.05, 4.69) is 16.0 Å². The number of aliphatic hydroxyl groups excluding tert-OH is 1. The number of ether oxygens (including phenoxy) is 1. The van der Waals surface area contributed by atoms with Gasteiger partial charge in [-0.3, -0.25) is 9.88 Å². The molecule has 0 saturated carbocycles. The molecule has 1 aromatic heterocycles. The Bertz CT molecular complexity index is 667. The molecule has 1 aliphatic heterocycles. The van der Waals surface area contributed by atoms with Gasteiger partial charge in [0.05, 0.1) is 23.9 Å². The fourth-order valence-electron chi connectivity index (χ4n) is 2.80. The zero-order chi connectivity index (χ0) is 16.1. The van der Waals surface area contributed by atoms with Crippen LogP contribution in [0.2, 0.25) is 0 Å². The minimum absolute atomic E-state index is 0.132. The zero-order valence-electron chi connectivity index (χ0n) is 12.8. The minimum Gasteiger partial charge on any atom is -0.487 e. The van der Waals surface area contributed by atoms with E-state index in [1.807, 2.05) is 24.3 Å². The first-order chi connectivity index (χ1) is 11.2. The third-order valence-electron chi connectivity index (χ3n) is 4.02. The Labute approximate surface area is 135 Å². The van der Waals surface area contributed by atoms with E-state index in [0.717, 1.165) is 30.8 Å². The lowest BCUT2D eigenvalue weighted by molar-refractivity contribution is 0.117. The number of nitrogens with zero attached hydrogens (tertiary/aromatic N) is 3. The second kappa shape index (κ2) is 7.23. The van der Waals surface area contributed by atoms with Crippen LogP contribution in [0.5, 0.6) is 5.75 Å². The average Bonchev–Trinajstić information content (AvgIpc) is 3.02. The molecule has 1 saturated heterocycles. The lowest BCUT2D eigenvalue weighted by Crippen LogP contribution is -2.29. The van der Waals surface area contributed by atoms with Crippen molar-refractivity contribution >= 4 is 0 Å². The molecular formula is C18H19N3O2. The molecule has 3 rings (SSSR count). The fourth-order valence-corrected chi connectivity index (χ4v) is 2.80. The highest BCUT2D eigenvalue weighted by Gasteiger charge is 2.26. The molecule has 1 fully saturated rings. The quantitative estimate of drug-likeness (QED) is 0.916. The van der Waals surface area contributed by atoms with Crippen LogP contribution in [0.15, 0.2) is 48.8 Å². The van der Waals surface area contributed by atoms with Gasteiger partial charge in [-0.15, -0.1) is 0 Å². The Morgan fingerprint density at radius 3 is 2.87 bits per heavy atom. The maximum absolute atomic E-state index is 10.3. The van der Waals surface area contributed by atoms with Crippen molar-refractivity contribution in [3.8, 4) is 11.8 Å². The van der Waals surface area contributed by atoms with Crippen molar-refractivity contribution in [2.24, 2.45) is 0 Å². The van der Waals surface area contributed by atoms with Gasteiger partial charge in [0.1, 0.15) is 11.9 Å². The summed E-state index contributed by atoms with van der Waals surface area (Å²) in [5.41, 5.74) is 1.44. The molecule has 1 N–H and O–H groups in total. The maximum Gasteiger partial charge on any atom is 0.138 e. The first-order valence-electron chi connectivity index (χ1n) is 7.72. The molecule has 1 aromatic carbocycles. The summed E-state index contributed by atoms with van der Waals surface area (Å²) in [5, 5.41) is 19.2. The third kappa shape index (κ3) is 4.07. The molecule has 0 aliphatic carbocycles. The molecule has 2 atom stereocenters. The Balaban J connectivity index is 1.52. The molecular weight excluding hydrogens is 290 g/mol. The van der Waals surface area contributed by atoms with Crippen LogP contribution >= 0.6 is 0 Å². The highest BCUT2D eigenvalue weighted by Crippen LogP contribution is 2.21. The van der Waals surface area contributed by atoms with Crippen LogP contribution in [0.4, 0.5) is 0 Å². The van der Waals surface area contributed by atoms with Gasteiger partial charge >= 0.3 is 0 Å².